The van der Waals surface area contributed by atoms with Crippen molar-refractivity contribution in [1.29, 1.82) is 0 Å². The van der Waals surface area contributed by atoms with E-state index in [-0.39, 0.29) is 12.2 Å². The van der Waals surface area contributed by atoms with Crippen molar-refractivity contribution in [2.45, 2.75) is 13.0 Å². The average molecular weight is 757 g/mol. The van der Waals surface area contributed by atoms with Gasteiger partial charge in [0.1, 0.15) is 18.1 Å². The first-order valence-electron chi connectivity index (χ1n) is 13.0. The van der Waals surface area contributed by atoms with E-state index in [1.165, 1.54) is 11.3 Å². The zero-order valence-electron chi connectivity index (χ0n) is 22.8. The Morgan fingerprint density at radius 1 is 1.17 bits per heavy atom. The Morgan fingerprint density at radius 3 is 2.57 bits per heavy atom. The smallest absolute Gasteiger partial charge is 0.338 e. The molecule has 1 atom stereocenters. The zero-order valence-corrected chi connectivity index (χ0v) is 27.4. The second-order valence-corrected chi connectivity index (χ2v) is 12.2. The molecule has 0 bridgehead atoms. The highest BCUT2D eigenvalue weighted by Crippen LogP contribution is 2.36. The Morgan fingerprint density at radius 2 is 1.90 bits per heavy atom. The third-order valence-corrected chi connectivity index (χ3v) is 8.72. The summed E-state index contributed by atoms with van der Waals surface area (Å²) in [5.41, 5.74) is 2.68. The number of aromatic nitrogens is 1. The van der Waals surface area contributed by atoms with Gasteiger partial charge in [-0.25, -0.2) is 9.79 Å². The van der Waals surface area contributed by atoms with E-state index < -0.39 is 12.0 Å². The summed E-state index contributed by atoms with van der Waals surface area (Å²) in [6.45, 7) is 6.00. The fourth-order valence-electron chi connectivity index (χ4n) is 4.67. The molecule has 1 aromatic heterocycles. The molecule has 1 aliphatic rings. The highest BCUT2D eigenvalue weighted by atomic mass is 127. The van der Waals surface area contributed by atoms with Crippen LogP contribution in [-0.2, 0) is 9.53 Å². The van der Waals surface area contributed by atoms with Crippen LogP contribution in [0.25, 0.3) is 11.8 Å². The minimum atomic E-state index is -0.775. The molecule has 0 N–H and O–H groups in total. The SMILES string of the molecule is C=CCOc1c(I)cc(Br)cc1/C=c1\sc2n(c1=O)[C@@H](c1ccc(OC)cc1)C(C(=O)OCC)=C(c1ccccc1)N=2. The van der Waals surface area contributed by atoms with Gasteiger partial charge in [-0.2, -0.15) is 0 Å². The molecule has 0 radical (unpaired) electrons. The highest BCUT2D eigenvalue weighted by Gasteiger charge is 2.35. The first-order valence-corrected chi connectivity index (χ1v) is 15.7. The first-order chi connectivity index (χ1) is 20.4. The van der Waals surface area contributed by atoms with E-state index in [0.29, 0.717) is 38.7 Å². The third-order valence-electron chi connectivity index (χ3n) is 6.47. The van der Waals surface area contributed by atoms with Gasteiger partial charge in [0.15, 0.2) is 4.80 Å². The number of nitrogens with zero attached hydrogens (tertiary/aromatic N) is 2. The standard InChI is InChI=1S/C32H26BrIN2O5S/c1-4-15-41-29-21(16-22(33)18-24(29)34)17-25-30(37)36-28(20-11-13-23(39-3)14-12-20)26(31(38)40-5-2)27(35-32(36)42-25)19-9-7-6-8-10-19/h4,6-14,16-18,28H,1,5,15H2,2-3H3/b25-17-/t28-/m0/s1. The van der Waals surface area contributed by atoms with Crippen LogP contribution in [0, 0.1) is 3.57 Å². The highest BCUT2D eigenvalue weighted by molar-refractivity contribution is 14.1. The predicted molar refractivity (Wildman–Crippen MR) is 177 cm³/mol. The van der Waals surface area contributed by atoms with E-state index in [2.05, 4.69) is 45.1 Å². The summed E-state index contributed by atoms with van der Waals surface area (Å²) in [6, 6.07) is 19.9. The van der Waals surface area contributed by atoms with Crippen molar-refractivity contribution >= 4 is 67.6 Å². The van der Waals surface area contributed by atoms with Gasteiger partial charge in [-0.1, -0.05) is 82.4 Å². The van der Waals surface area contributed by atoms with Crippen LogP contribution in [0.5, 0.6) is 11.5 Å². The summed E-state index contributed by atoms with van der Waals surface area (Å²) in [4.78, 5) is 33.2. The third kappa shape index (κ3) is 6.02. The number of benzene rings is 3. The summed E-state index contributed by atoms with van der Waals surface area (Å²) in [5, 5.41) is 0. The number of hydrogen-bond acceptors (Lipinski definition) is 7. The summed E-state index contributed by atoms with van der Waals surface area (Å²) >= 11 is 7.02. The molecule has 0 saturated carbocycles. The van der Waals surface area contributed by atoms with Crippen LogP contribution in [0.4, 0.5) is 0 Å². The Kier molecular flexibility index (Phi) is 9.44. The maximum Gasteiger partial charge on any atom is 0.338 e. The molecule has 2 heterocycles. The molecule has 1 aliphatic heterocycles. The number of carbonyl (C=O) groups is 1. The minimum Gasteiger partial charge on any atom is -0.497 e. The van der Waals surface area contributed by atoms with Gasteiger partial charge >= 0.3 is 5.97 Å². The molecule has 0 saturated heterocycles. The normalized spacial score (nSPS) is 14.7. The van der Waals surface area contributed by atoms with Crippen molar-refractivity contribution in [3.05, 3.63) is 129 Å². The number of hydrogen-bond donors (Lipinski definition) is 0. The van der Waals surface area contributed by atoms with Gasteiger partial charge in [-0.15, -0.1) is 0 Å². The molecule has 4 aromatic rings. The number of ether oxygens (including phenoxy) is 3. The molecule has 0 amide bonds. The molecule has 5 rings (SSSR count). The fourth-order valence-corrected chi connectivity index (χ4v) is 7.36. The molecule has 0 fully saturated rings. The van der Waals surface area contributed by atoms with Gasteiger partial charge in [0.25, 0.3) is 5.56 Å². The number of carbonyl (C=O) groups excluding carboxylic acids is 1. The van der Waals surface area contributed by atoms with Crippen LogP contribution >= 0.6 is 49.9 Å². The quantitative estimate of drug-likeness (QED) is 0.121. The molecule has 0 unspecified atom stereocenters. The van der Waals surface area contributed by atoms with Gasteiger partial charge < -0.3 is 14.2 Å². The van der Waals surface area contributed by atoms with Crippen molar-refractivity contribution in [3.63, 3.8) is 0 Å². The largest absolute Gasteiger partial charge is 0.497 e. The lowest BCUT2D eigenvalue weighted by atomic mass is 9.93. The van der Waals surface area contributed by atoms with E-state index in [0.717, 1.165) is 24.7 Å². The second-order valence-electron chi connectivity index (χ2n) is 9.11. The molecule has 0 aliphatic carbocycles. The monoisotopic (exact) mass is 756 g/mol. The van der Waals surface area contributed by atoms with Crippen LogP contribution in [0.2, 0.25) is 0 Å². The van der Waals surface area contributed by atoms with E-state index in [1.807, 2.05) is 66.7 Å². The van der Waals surface area contributed by atoms with Crippen molar-refractivity contribution in [2.24, 2.45) is 4.99 Å². The zero-order chi connectivity index (χ0) is 29.8. The van der Waals surface area contributed by atoms with Crippen LogP contribution in [0.1, 0.15) is 29.7 Å². The Labute approximate surface area is 268 Å². The van der Waals surface area contributed by atoms with Crippen LogP contribution < -0.4 is 24.4 Å². The van der Waals surface area contributed by atoms with E-state index >= 15 is 0 Å². The van der Waals surface area contributed by atoms with Gasteiger partial charge in [0.05, 0.1) is 39.1 Å². The molecule has 3 aromatic carbocycles. The van der Waals surface area contributed by atoms with E-state index in [1.54, 1.807) is 30.8 Å². The number of thiazole rings is 1. The summed E-state index contributed by atoms with van der Waals surface area (Å²) in [5.74, 6) is 0.776. The van der Waals surface area contributed by atoms with Gasteiger partial charge in [-0.3, -0.25) is 9.36 Å². The topological polar surface area (TPSA) is 79.1 Å². The van der Waals surface area contributed by atoms with Crippen molar-refractivity contribution < 1.29 is 19.0 Å². The second kappa shape index (κ2) is 13.2. The van der Waals surface area contributed by atoms with E-state index in [4.69, 9.17) is 19.2 Å². The number of esters is 1. The Bertz CT molecular complexity index is 1860. The van der Waals surface area contributed by atoms with Gasteiger partial charge in [-0.05, 0) is 65.4 Å². The van der Waals surface area contributed by atoms with Crippen molar-refractivity contribution in [3.8, 4) is 11.5 Å². The molecule has 7 nitrogen and oxygen atoms in total. The maximum absolute atomic E-state index is 14.2. The first kappa shape index (κ1) is 30.0. The molecule has 42 heavy (non-hydrogen) atoms. The summed E-state index contributed by atoms with van der Waals surface area (Å²) in [7, 11) is 1.59. The van der Waals surface area contributed by atoms with Gasteiger partial charge in [0.2, 0.25) is 0 Å². The summed E-state index contributed by atoms with van der Waals surface area (Å²) < 4.78 is 20.6. The molecular weight excluding hydrogens is 731 g/mol. The number of rotatable bonds is 9. The summed E-state index contributed by atoms with van der Waals surface area (Å²) in [6.07, 6.45) is 3.48. The number of halogens is 2. The van der Waals surface area contributed by atoms with Crippen molar-refractivity contribution in [2.75, 3.05) is 20.3 Å². The molecule has 214 valence electrons. The molecule has 0 spiro atoms. The van der Waals surface area contributed by atoms with Crippen LogP contribution in [0.15, 0.2) is 99.2 Å². The number of fused-ring (bicyclic) bond motifs is 1. The minimum absolute atomic E-state index is 0.180. The lowest BCUT2D eigenvalue weighted by Gasteiger charge is -2.26. The Balaban J connectivity index is 1.82. The van der Waals surface area contributed by atoms with Gasteiger partial charge in [0, 0.05) is 15.6 Å². The lowest BCUT2D eigenvalue weighted by Crippen LogP contribution is -2.40. The van der Waals surface area contributed by atoms with Crippen LogP contribution in [0.3, 0.4) is 0 Å². The van der Waals surface area contributed by atoms with E-state index in [9.17, 15) is 9.59 Å². The molecule has 10 heteroatoms. The fraction of sp³-hybridized carbons (Fsp3) is 0.156. The molecular formula is C32H26BrIN2O5S. The lowest BCUT2D eigenvalue weighted by molar-refractivity contribution is -0.138. The Hall–Kier alpha value is -3.48. The maximum atomic E-state index is 14.2. The average Bonchev–Trinajstić information content (AvgIpc) is 3.30. The number of methoxy groups -OCH3 is 1. The van der Waals surface area contributed by atoms with Crippen LogP contribution in [-0.4, -0.2) is 30.9 Å². The van der Waals surface area contributed by atoms with Crippen molar-refractivity contribution in [1.82, 2.24) is 4.57 Å². The predicted octanol–water partition coefficient (Wildman–Crippen LogP) is 5.88.